The van der Waals surface area contributed by atoms with E-state index in [2.05, 4.69) is 16.0 Å². The van der Waals surface area contributed by atoms with Crippen LogP contribution < -0.4 is 25.4 Å². The third-order valence-electron chi connectivity index (χ3n) is 2.47. The van der Waals surface area contributed by atoms with E-state index in [1.54, 1.807) is 27.3 Å². The Hall–Kier alpha value is -1.66. The first-order chi connectivity index (χ1) is 9.19. The first kappa shape index (κ1) is 18.3. The molecule has 1 aromatic carbocycles. The molecule has 0 unspecified atom stereocenters. The third kappa shape index (κ3) is 6.49. The van der Waals surface area contributed by atoms with Gasteiger partial charge in [0.2, 0.25) is 5.91 Å². The summed E-state index contributed by atoms with van der Waals surface area (Å²) < 4.78 is 10.4. The smallest absolute Gasteiger partial charge is 0.234 e. The number of nitrogens with one attached hydrogen (secondary N) is 3. The molecular formula is C13H22ClN3O3. The number of amides is 1. The summed E-state index contributed by atoms with van der Waals surface area (Å²) >= 11 is 0. The average molecular weight is 304 g/mol. The minimum atomic E-state index is -0.0208. The molecule has 0 spiro atoms. The van der Waals surface area contributed by atoms with Crippen molar-refractivity contribution in [2.75, 3.05) is 46.2 Å². The normalized spacial score (nSPS) is 9.35. The molecule has 1 rings (SSSR count). The topological polar surface area (TPSA) is 71.6 Å². The predicted molar refractivity (Wildman–Crippen MR) is 82.2 cm³/mol. The molecule has 0 heterocycles. The Labute approximate surface area is 125 Å². The lowest BCUT2D eigenvalue weighted by Gasteiger charge is -2.11. The van der Waals surface area contributed by atoms with Gasteiger partial charge in [-0.3, -0.25) is 4.79 Å². The molecule has 1 amide bonds. The first-order valence-corrected chi connectivity index (χ1v) is 6.08. The fraction of sp³-hybridized carbons (Fsp3) is 0.462. The highest BCUT2D eigenvalue weighted by Crippen LogP contribution is 2.25. The van der Waals surface area contributed by atoms with Crippen LogP contribution >= 0.6 is 12.4 Å². The molecule has 20 heavy (non-hydrogen) atoms. The van der Waals surface area contributed by atoms with E-state index in [-0.39, 0.29) is 18.3 Å². The Balaban J connectivity index is 0.00000361. The Morgan fingerprint density at radius 1 is 1.10 bits per heavy atom. The minimum absolute atomic E-state index is 0. The van der Waals surface area contributed by atoms with Gasteiger partial charge in [0.05, 0.1) is 20.8 Å². The van der Waals surface area contributed by atoms with Crippen LogP contribution in [0.4, 0.5) is 5.69 Å². The summed E-state index contributed by atoms with van der Waals surface area (Å²) in [5.74, 6) is 1.43. The lowest BCUT2D eigenvalue weighted by atomic mass is 10.2. The maximum atomic E-state index is 11.2. The molecule has 7 heteroatoms. The highest BCUT2D eigenvalue weighted by molar-refractivity contribution is 5.85. The summed E-state index contributed by atoms with van der Waals surface area (Å²) in [6.45, 7) is 1.51. The van der Waals surface area contributed by atoms with E-state index in [9.17, 15) is 4.79 Å². The van der Waals surface area contributed by atoms with Crippen molar-refractivity contribution in [1.82, 2.24) is 10.6 Å². The van der Waals surface area contributed by atoms with Crippen molar-refractivity contribution in [1.29, 1.82) is 0 Å². The van der Waals surface area contributed by atoms with Gasteiger partial charge in [-0.25, -0.2) is 0 Å². The van der Waals surface area contributed by atoms with E-state index in [1.165, 1.54) is 0 Å². The number of carbonyl (C=O) groups is 1. The summed E-state index contributed by atoms with van der Waals surface area (Å²) in [5.41, 5.74) is 0.888. The molecule has 0 aromatic heterocycles. The van der Waals surface area contributed by atoms with Gasteiger partial charge >= 0.3 is 0 Å². The van der Waals surface area contributed by atoms with Gasteiger partial charge in [-0.2, -0.15) is 0 Å². The summed E-state index contributed by atoms with van der Waals surface area (Å²) in [6.07, 6.45) is 0. The maximum absolute atomic E-state index is 11.2. The van der Waals surface area contributed by atoms with Crippen molar-refractivity contribution in [3.05, 3.63) is 18.2 Å². The van der Waals surface area contributed by atoms with Crippen molar-refractivity contribution < 1.29 is 14.3 Å². The first-order valence-electron chi connectivity index (χ1n) is 6.08. The van der Waals surface area contributed by atoms with Crippen molar-refractivity contribution in [2.45, 2.75) is 0 Å². The second-order valence-corrected chi connectivity index (χ2v) is 3.91. The number of ether oxygens (including phenoxy) is 2. The van der Waals surface area contributed by atoms with E-state index >= 15 is 0 Å². The van der Waals surface area contributed by atoms with Crippen LogP contribution in [0.1, 0.15) is 0 Å². The average Bonchev–Trinajstić information content (AvgIpc) is 2.43. The second-order valence-electron chi connectivity index (χ2n) is 3.91. The molecule has 0 saturated carbocycles. The highest BCUT2D eigenvalue weighted by atomic mass is 35.5. The molecule has 1 aromatic rings. The number of likely N-dealkylation sites (N-methyl/N-ethyl adjacent to an activating group) is 1. The monoisotopic (exact) mass is 303 g/mol. The standard InChI is InChI=1S/C13H21N3O3.ClH/c1-14-9-13(17)16-5-4-15-10-6-11(18-2)8-12(7-10)19-3;/h6-8,14-15H,4-5,9H2,1-3H3,(H,16,17);1H. The van der Waals surface area contributed by atoms with Gasteiger partial charge in [-0.15, -0.1) is 12.4 Å². The molecular weight excluding hydrogens is 282 g/mol. The number of rotatable bonds is 8. The van der Waals surface area contributed by atoms with Crippen LogP contribution in [0.2, 0.25) is 0 Å². The lowest BCUT2D eigenvalue weighted by Crippen LogP contribution is -2.35. The third-order valence-corrected chi connectivity index (χ3v) is 2.47. The fourth-order valence-corrected chi connectivity index (χ4v) is 1.54. The number of halogens is 1. The number of carbonyl (C=O) groups excluding carboxylic acids is 1. The molecule has 114 valence electrons. The fourth-order valence-electron chi connectivity index (χ4n) is 1.54. The van der Waals surface area contributed by atoms with E-state index in [0.717, 1.165) is 17.2 Å². The number of anilines is 1. The van der Waals surface area contributed by atoms with E-state index < -0.39 is 0 Å². The van der Waals surface area contributed by atoms with Gasteiger partial charge in [0.1, 0.15) is 11.5 Å². The van der Waals surface area contributed by atoms with Crippen molar-refractivity contribution in [3.8, 4) is 11.5 Å². The zero-order chi connectivity index (χ0) is 14.1. The van der Waals surface area contributed by atoms with Crippen LogP contribution in [-0.4, -0.2) is 46.8 Å². The molecule has 0 atom stereocenters. The molecule has 6 nitrogen and oxygen atoms in total. The maximum Gasteiger partial charge on any atom is 0.234 e. The van der Waals surface area contributed by atoms with Gasteiger partial charge in [-0.05, 0) is 7.05 Å². The summed E-state index contributed by atoms with van der Waals surface area (Å²) in [7, 11) is 4.95. The highest BCUT2D eigenvalue weighted by Gasteiger charge is 2.02. The molecule has 0 radical (unpaired) electrons. The van der Waals surface area contributed by atoms with Gasteiger partial charge in [0.25, 0.3) is 0 Å². The van der Waals surface area contributed by atoms with Crippen LogP contribution in [0.25, 0.3) is 0 Å². The molecule has 0 aliphatic rings. The van der Waals surface area contributed by atoms with E-state index in [4.69, 9.17) is 9.47 Å². The van der Waals surface area contributed by atoms with Crippen LogP contribution in [0, 0.1) is 0 Å². The van der Waals surface area contributed by atoms with Crippen LogP contribution in [-0.2, 0) is 4.79 Å². The van der Waals surface area contributed by atoms with Gasteiger partial charge in [0.15, 0.2) is 0 Å². The Morgan fingerprint density at radius 2 is 1.70 bits per heavy atom. The summed E-state index contributed by atoms with van der Waals surface area (Å²) in [5, 5.41) is 8.77. The Kier molecular flexibility index (Phi) is 9.32. The summed E-state index contributed by atoms with van der Waals surface area (Å²) in [4.78, 5) is 11.2. The van der Waals surface area contributed by atoms with E-state index in [1.807, 2.05) is 12.1 Å². The lowest BCUT2D eigenvalue weighted by molar-refractivity contribution is -0.120. The predicted octanol–water partition coefficient (Wildman–Crippen LogP) is 0.873. The second kappa shape index (κ2) is 10.2. The van der Waals surface area contributed by atoms with Crippen molar-refractivity contribution >= 4 is 24.0 Å². The molecule has 0 aliphatic heterocycles. The van der Waals surface area contributed by atoms with Crippen molar-refractivity contribution in [2.24, 2.45) is 0 Å². The number of benzene rings is 1. The van der Waals surface area contributed by atoms with Gasteiger partial charge in [0, 0.05) is 37.0 Å². The zero-order valence-electron chi connectivity index (χ0n) is 12.0. The summed E-state index contributed by atoms with van der Waals surface area (Å²) in [6, 6.07) is 5.55. The minimum Gasteiger partial charge on any atom is -0.497 e. The molecule has 3 N–H and O–H groups in total. The number of methoxy groups -OCH3 is 2. The van der Waals surface area contributed by atoms with Crippen LogP contribution in [0.5, 0.6) is 11.5 Å². The quantitative estimate of drug-likeness (QED) is 0.622. The van der Waals surface area contributed by atoms with Crippen LogP contribution in [0.15, 0.2) is 18.2 Å². The van der Waals surface area contributed by atoms with E-state index in [0.29, 0.717) is 19.6 Å². The largest absolute Gasteiger partial charge is 0.497 e. The zero-order valence-corrected chi connectivity index (χ0v) is 12.8. The Bertz CT molecular complexity index is 394. The molecule has 0 fully saturated rings. The number of hydrogen-bond donors (Lipinski definition) is 3. The Morgan fingerprint density at radius 3 is 2.20 bits per heavy atom. The molecule has 0 bridgehead atoms. The van der Waals surface area contributed by atoms with Gasteiger partial charge in [-0.1, -0.05) is 0 Å². The van der Waals surface area contributed by atoms with Crippen molar-refractivity contribution in [3.63, 3.8) is 0 Å². The van der Waals surface area contributed by atoms with Gasteiger partial charge < -0.3 is 25.4 Å². The molecule has 0 saturated heterocycles. The van der Waals surface area contributed by atoms with Crippen LogP contribution in [0.3, 0.4) is 0 Å². The number of hydrogen-bond acceptors (Lipinski definition) is 5. The SMILES string of the molecule is CNCC(=O)NCCNc1cc(OC)cc(OC)c1.Cl. The molecule has 0 aliphatic carbocycles.